The summed E-state index contributed by atoms with van der Waals surface area (Å²) in [5.41, 5.74) is 3.59. The van der Waals surface area contributed by atoms with E-state index in [1.807, 2.05) is 116 Å². The molecule has 0 spiro atoms. The van der Waals surface area contributed by atoms with E-state index in [1.165, 1.54) is 5.56 Å². The number of hydrogen-bond donors (Lipinski definition) is 1. The van der Waals surface area contributed by atoms with Gasteiger partial charge in [0.15, 0.2) is 5.78 Å². The Morgan fingerprint density at radius 3 is 1.53 bits per heavy atom. The molecule has 0 bridgehead atoms. The highest BCUT2D eigenvalue weighted by atomic mass is 35.8. The molecule has 4 rings (SSSR count). The minimum Gasteiger partial charge on any atom is -0.497 e. The lowest BCUT2D eigenvalue weighted by Crippen LogP contribution is -2.13. The van der Waals surface area contributed by atoms with Crippen molar-refractivity contribution in [1.82, 2.24) is 0 Å². The van der Waals surface area contributed by atoms with Gasteiger partial charge in [0.05, 0.1) is 20.3 Å². The van der Waals surface area contributed by atoms with Crippen LogP contribution in [0.5, 0.6) is 11.5 Å². The molecular weight excluding hydrogens is 706 g/mol. The number of aryl methyl sites for hydroxylation is 1. The molecule has 0 aliphatic carbocycles. The zero-order valence-corrected chi connectivity index (χ0v) is 31.3. The lowest BCUT2D eigenvalue weighted by molar-refractivity contribution is 0.103. The van der Waals surface area contributed by atoms with Gasteiger partial charge in [0.1, 0.15) is 11.5 Å². The molecule has 0 fully saturated rings. The predicted octanol–water partition coefficient (Wildman–Crippen LogP) is 10.9. The van der Waals surface area contributed by atoms with Crippen LogP contribution in [-0.2, 0) is 6.42 Å². The molecule has 0 saturated heterocycles. The first kappa shape index (κ1) is 39.2. The SMILES string of the molecule is COc1ccc(C(O)CC[Si](C)(Cl)Cl)cc1.COc1ccc(CCC[Si](Cl)(Cl)Cl)cc1.O=C(c1ccccc1)c1ccccc1. The van der Waals surface area contributed by atoms with E-state index in [0.717, 1.165) is 41.0 Å². The molecule has 11 heteroatoms. The van der Waals surface area contributed by atoms with Crippen molar-refractivity contribution < 1.29 is 19.4 Å². The average Bonchev–Trinajstić information content (AvgIpc) is 3.04. The lowest BCUT2D eigenvalue weighted by atomic mass is 10.0. The van der Waals surface area contributed by atoms with Crippen LogP contribution in [0.3, 0.4) is 0 Å². The van der Waals surface area contributed by atoms with Crippen molar-refractivity contribution in [3.8, 4) is 11.5 Å². The molecule has 4 aromatic carbocycles. The fourth-order valence-electron chi connectivity index (χ4n) is 4.01. The molecule has 0 aliphatic heterocycles. The zero-order valence-electron chi connectivity index (χ0n) is 25.6. The highest BCUT2D eigenvalue weighted by Crippen LogP contribution is 2.29. The standard InChI is InChI=1S/C13H10O.C11H16Cl2O2Si.C10H13Cl3OSi/c14-13(11-7-3-1-4-8-11)12-9-5-2-6-10-12;1-15-10-5-3-9(4-6-10)11(14)7-8-16(2,12)13;1-14-10-6-4-9(5-7-10)3-2-8-15(11,12)13/h1-10H;3-6,11,14H,7-8H2,1-2H3;4-7H,2-3,8H2,1H3. The second kappa shape index (κ2) is 20.3. The summed E-state index contributed by atoms with van der Waals surface area (Å²) in [5, 5.41) is 9.91. The van der Waals surface area contributed by atoms with Crippen molar-refractivity contribution in [2.45, 2.75) is 44.0 Å². The number of rotatable bonds is 12. The number of ether oxygens (including phenoxy) is 2. The summed E-state index contributed by atoms with van der Waals surface area (Å²) in [6, 6.07) is 32.9. The van der Waals surface area contributed by atoms with Gasteiger partial charge in [-0.25, -0.2) is 0 Å². The number of benzene rings is 4. The second-order valence-electron chi connectivity index (χ2n) is 10.3. The molecule has 0 heterocycles. The Labute approximate surface area is 292 Å². The third-order valence-corrected chi connectivity index (χ3v) is 11.4. The molecule has 0 amide bonds. The van der Waals surface area contributed by atoms with Crippen molar-refractivity contribution in [1.29, 1.82) is 0 Å². The molecule has 0 radical (unpaired) electrons. The molecule has 4 nitrogen and oxygen atoms in total. The maximum absolute atomic E-state index is 11.8. The van der Waals surface area contributed by atoms with E-state index in [-0.39, 0.29) is 5.78 Å². The lowest BCUT2D eigenvalue weighted by Gasteiger charge is -2.15. The van der Waals surface area contributed by atoms with Gasteiger partial charge < -0.3 is 14.6 Å². The molecule has 45 heavy (non-hydrogen) atoms. The van der Waals surface area contributed by atoms with Crippen LogP contribution in [-0.4, -0.2) is 37.8 Å². The van der Waals surface area contributed by atoms with E-state index < -0.39 is 18.8 Å². The molecule has 242 valence electrons. The maximum atomic E-state index is 11.8. The third kappa shape index (κ3) is 16.9. The Morgan fingerprint density at radius 1 is 0.689 bits per heavy atom. The molecule has 1 atom stereocenters. The highest BCUT2D eigenvalue weighted by molar-refractivity contribution is 7.64. The van der Waals surface area contributed by atoms with Gasteiger partial charge in [0.25, 0.3) is 0 Å². The Bertz CT molecular complexity index is 1340. The largest absolute Gasteiger partial charge is 0.497 e. The Kier molecular flexibility index (Phi) is 17.7. The summed E-state index contributed by atoms with van der Waals surface area (Å²) in [6.45, 7) is -0.253. The number of aliphatic hydroxyl groups excluding tert-OH is 1. The van der Waals surface area contributed by atoms with Gasteiger partial charge in [-0.3, -0.25) is 4.79 Å². The minimum absolute atomic E-state index is 0.0752. The van der Waals surface area contributed by atoms with Gasteiger partial charge in [-0.05, 0) is 73.3 Å². The van der Waals surface area contributed by atoms with Gasteiger partial charge in [-0.1, -0.05) is 84.9 Å². The smallest absolute Gasteiger partial charge is 0.341 e. The van der Waals surface area contributed by atoms with E-state index >= 15 is 0 Å². The topological polar surface area (TPSA) is 55.8 Å². The van der Waals surface area contributed by atoms with Crippen LogP contribution in [0.25, 0.3) is 0 Å². The first-order chi connectivity index (χ1) is 21.3. The summed E-state index contributed by atoms with van der Waals surface area (Å²) in [5.74, 6) is 1.73. The van der Waals surface area contributed by atoms with Crippen LogP contribution in [0.2, 0.25) is 18.6 Å². The molecule has 0 saturated carbocycles. The minimum atomic E-state index is -2.44. The van der Waals surface area contributed by atoms with Gasteiger partial charge >= 0.3 is 6.00 Å². The number of hydrogen-bond acceptors (Lipinski definition) is 4. The third-order valence-electron chi connectivity index (χ3n) is 6.51. The molecule has 0 aliphatic rings. The van der Waals surface area contributed by atoms with Crippen LogP contribution in [0.15, 0.2) is 109 Å². The quantitative estimate of drug-likeness (QED) is 0.0892. The van der Waals surface area contributed by atoms with Crippen LogP contribution >= 0.6 is 55.4 Å². The molecule has 0 aromatic heterocycles. The summed E-state index contributed by atoms with van der Waals surface area (Å²) < 4.78 is 10.1. The Morgan fingerprint density at radius 2 is 1.13 bits per heavy atom. The van der Waals surface area contributed by atoms with E-state index in [9.17, 15) is 9.90 Å². The van der Waals surface area contributed by atoms with E-state index in [0.29, 0.717) is 18.5 Å². The monoisotopic (exact) mass is 742 g/mol. The zero-order chi connectivity index (χ0) is 33.3. The number of aliphatic hydroxyl groups is 1. The summed E-state index contributed by atoms with van der Waals surface area (Å²) in [6.07, 6.45) is 1.97. The number of carbonyl (C=O) groups excluding carboxylic acids is 1. The normalized spacial score (nSPS) is 11.7. The van der Waals surface area contributed by atoms with Crippen molar-refractivity contribution in [2.75, 3.05) is 14.2 Å². The number of halogens is 5. The van der Waals surface area contributed by atoms with Crippen LogP contribution in [0.4, 0.5) is 0 Å². The van der Waals surface area contributed by atoms with Crippen molar-refractivity contribution in [2.24, 2.45) is 0 Å². The fourth-order valence-corrected chi connectivity index (χ4v) is 7.23. The summed E-state index contributed by atoms with van der Waals surface area (Å²) in [7, 11) is 3.27. The molecule has 4 aromatic rings. The molecule has 1 N–H and O–H groups in total. The highest BCUT2D eigenvalue weighted by Gasteiger charge is 2.24. The van der Waals surface area contributed by atoms with Gasteiger partial charge in [-0.15, -0.1) is 55.4 Å². The fraction of sp³-hybridized carbons (Fsp3) is 0.265. The van der Waals surface area contributed by atoms with Gasteiger partial charge in [-0.2, -0.15) is 0 Å². The van der Waals surface area contributed by atoms with Crippen molar-refractivity contribution in [3.05, 3.63) is 131 Å². The maximum Gasteiger partial charge on any atom is 0.341 e. The predicted molar refractivity (Wildman–Crippen MR) is 196 cm³/mol. The Hall–Kier alpha value is -2.01. The van der Waals surface area contributed by atoms with E-state index in [2.05, 4.69) is 0 Å². The Balaban J connectivity index is 0.000000235. The van der Waals surface area contributed by atoms with Gasteiger partial charge in [0.2, 0.25) is 6.69 Å². The first-order valence-electron chi connectivity index (χ1n) is 14.4. The average molecular weight is 745 g/mol. The summed E-state index contributed by atoms with van der Waals surface area (Å²) >= 11 is 29.4. The van der Waals surface area contributed by atoms with Crippen LogP contribution in [0, 0.1) is 0 Å². The molecule has 1 unspecified atom stereocenters. The number of carbonyl (C=O) groups is 1. The van der Waals surface area contributed by atoms with Gasteiger partial charge in [0, 0.05) is 11.1 Å². The summed E-state index contributed by atoms with van der Waals surface area (Å²) in [4.78, 5) is 11.8. The van der Waals surface area contributed by atoms with Crippen LogP contribution in [0.1, 0.15) is 46.0 Å². The number of methoxy groups -OCH3 is 2. The molecular formula is C34H39Cl5O4Si2. The van der Waals surface area contributed by atoms with E-state index in [4.69, 9.17) is 64.9 Å². The van der Waals surface area contributed by atoms with E-state index in [1.54, 1.807) is 14.2 Å². The number of ketones is 1. The van der Waals surface area contributed by atoms with Crippen LogP contribution < -0.4 is 9.47 Å². The first-order valence-corrected chi connectivity index (χ1v) is 24.3. The second-order valence-corrected chi connectivity index (χ2v) is 27.8. The van der Waals surface area contributed by atoms with Crippen molar-refractivity contribution >= 4 is 73.9 Å². The van der Waals surface area contributed by atoms with Crippen molar-refractivity contribution in [3.63, 3.8) is 0 Å².